The van der Waals surface area contributed by atoms with Gasteiger partial charge in [0.05, 0.1) is 23.3 Å². The second-order valence-corrected chi connectivity index (χ2v) is 7.01. The van der Waals surface area contributed by atoms with Gasteiger partial charge in [0, 0.05) is 38.9 Å². The maximum Gasteiger partial charge on any atom is 0.249 e. The van der Waals surface area contributed by atoms with E-state index in [4.69, 9.17) is 4.74 Å². The molecule has 1 amide bonds. The van der Waals surface area contributed by atoms with E-state index in [0.29, 0.717) is 6.54 Å². The van der Waals surface area contributed by atoms with Gasteiger partial charge in [0.2, 0.25) is 5.91 Å². The van der Waals surface area contributed by atoms with Crippen molar-refractivity contribution >= 4 is 11.7 Å². The lowest BCUT2D eigenvalue weighted by Crippen LogP contribution is -2.59. The topological polar surface area (TPSA) is 87.2 Å². The molecule has 1 spiro atoms. The van der Waals surface area contributed by atoms with Gasteiger partial charge in [-0.1, -0.05) is 0 Å². The lowest BCUT2D eigenvalue weighted by molar-refractivity contribution is -0.144. The minimum Gasteiger partial charge on any atom is -0.375 e. The summed E-state index contributed by atoms with van der Waals surface area (Å²) in [4.78, 5) is 24.8. The van der Waals surface area contributed by atoms with Gasteiger partial charge in [-0.05, 0) is 31.9 Å². The molecule has 4 rings (SSSR count). The van der Waals surface area contributed by atoms with Crippen LogP contribution < -0.4 is 4.90 Å². The number of H-pyrrole nitrogens is 1. The number of anilines is 1. The Kier molecular flexibility index (Phi) is 4.36. The number of aromatic nitrogens is 4. The van der Waals surface area contributed by atoms with Gasteiger partial charge in [-0.2, -0.15) is 5.10 Å². The molecule has 8 heteroatoms. The number of aryl methyl sites for hydroxylation is 1. The second kappa shape index (κ2) is 6.68. The average Bonchev–Trinajstić information content (AvgIpc) is 3.14. The summed E-state index contributed by atoms with van der Waals surface area (Å²) in [5.41, 5.74) is 2.71. The van der Waals surface area contributed by atoms with E-state index in [0.717, 1.165) is 55.3 Å². The van der Waals surface area contributed by atoms with E-state index in [2.05, 4.69) is 25.1 Å². The molecule has 2 aliphatic rings. The first kappa shape index (κ1) is 17.0. The summed E-state index contributed by atoms with van der Waals surface area (Å²) >= 11 is 0. The molecule has 4 heterocycles. The standard InChI is InChI=1S/C18H24N6O2/c1-13-3-4-15(22-21-13)23-9-6-18(7-10-23)17-14(19-12-20-17)5-8-24(18)16(25)11-26-2/h3-4,12H,5-11H2,1-2H3,(H,19,20). The van der Waals surface area contributed by atoms with Crippen LogP contribution in [0.5, 0.6) is 0 Å². The van der Waals surface area contributed by atoms with E-state index in [1.54, 1.807) is 13.4 Å². The van der Waals surface area contributed by atoms with Crippen LogP contribution in [0, 0.1) is 6.92 Å². The van der Waals surface area contributed by atoms with Crippen LogP contribution in [0.3, 0.4) is 0 Å². The van der Waals surface area contributed by atoms with Gasteiger partial charge >= 0.3 is 0 Å². The van der Waals surface area contributed by atoms with Crippen LogP contribution in [0.2, 0.25) is 0 Å². The summed E-state index contributed by atoms with van der Waals surface area (Å²) in [6, 6.07) is 3.99. The Balaban J connectivity index is 1.61. The van der Waals surface area contributed by atoms with Crippen LogP contribution in [0.25, 0.3) is 0 Å². The molecule has 1 saturated heterocycles. The average molecular weight is 356 g/mol. The fourth-order valence-corrected chi connectivity index (χ4v) is 4.22. The van der Waals surface area contributed by atoms with Crippen molar-refractivity contribution in [2.24, 2.45) is 0 Å². The Morgan fingerprint density at radius 3 is 2.77 bits per heavy atom. The number of imidazole rings is 1. The van der Waals surface area contributed by atoms with Gasteiger partial charge in [-0.15, -0.1) is 5.10 Å². The molecular formula is C18H24N6O2. The summed E-state index contributed by atoms with van der Waals surface area (Å²) in [5, 5.41) is 8.47. The van der Waals surface area contributed by atoms with Gasteiger partial charge < -0.3 is 19.5 Å². The number of nitrogens with zero attached hydrogens (tertiary/aromatic N) is 5. The third-order valence-corrected chi connectivity index (χ3v) is 5.53. The summed E-state index contributed by atoms with van der Waals surface area (Å²) in [6.45, 7) is 4.35. The lowest BCUT2D eigenvalue weighted by Gasteiger charge is -2.50. The summed E-state index contributed by atoms with van der Waals surface area (Å²) in [5.74, 6) is 0.919. The second-order valence-electron chi connectivity index (χ2n) is 7.01. The number of hydrogen-bond donors (Lipinski definition) is 1. The van der Waals surface area contributed by atoms with Gasteiger partial charge in [0.25, 0.3) is 0 Å². The van der Waals surface area contributed by atoms with Crippen molar-refractivity contribution in [3.05, 3.63) is 35.5 Å². The van der Waals surface area contributed by atoms with E-state index in [1.165, 1.54) is 0 Å². The monoisotopic (exact) mass is 356 g/mol. The Morgan fingerprint density at radius 2 is 2.08 bits per heavy atom. The zero-order chi connectivity index (χ0) is 18.1. The highest BCUT2D eigenvalue weighted by Crippen LogP contribution is 2.42. The maximum atomic E-state index is 12.7. The minimum atomic E-state index is -0.363. The van der Waals surface area contributed by atoms with Crippen molar-refractivity contribution in [3.63, 3.8) is 0 Å². The zero-order valence-electron chi connectivity index (χ0n) is 15.2. The van der Waals surface area contributed by atoms with Gasteiger partial charge in [0.1, 0.15) is 6.61 Å². The van der Waals surface area contributed by atoms with Crippen LogP contribution >= 0.6 is 0 Å². The molecule has 0 unspecified atom stereocenters. The first-order valence-corrected chi connectivity index (χ1v) is 9.01. The van der Waals surface area contributed by atoms with Crippen LogP contribution in [0.1, 0.15) is 29.9 Å². The van der Waals surface area contributed by atoms with Crippen molar-refractivity contribution in [2.45, 2.75) is 31.7 Å². The predicted molar refractivity (Wildman–Crippen MR) is 95.8 cm³/mol. The smallest absolute Gasteiger partial charge is 0.249 e. The highest BCUT2D eigenvalue weighted by atomic mass is 16.5. The van der Waals surface area contributed by atoms with Crippen molar-refractivity contribution in [1.29, 1.82) is 0 Å². The van der Waals surface area contributed by atoms with Crippen LogP contribution in [-0.4, -0.2) is 64.3 Å². The van der Waals surface area contributed by atoms with Crippen molar-refractivity contribution in [1.82, 2.24) is 25.1 Å². The zero-order valence-corrected chi connectivity index (χ0v) is 15.2. The maximum absolute atomic E-state index is 12.7. The van der Waals surface area contributed by atoms with Gasteiger partial charge in [-0.25, -0.2) is 4.98 Å². The molecular weight excluding hydrogens is 332 g/mol. The highest BCUT2D eigenvalue weighted by molar-refractivity contribution is 5.79. The number of carbonyl (C=O) groups is 1. The number of piperidine rings is 1. The largest absolute Gasteiger partial charge is 0.375 e. The number of ether oxygens (including phenoxy) is 1. The molecule has 0 saturated carbocycles. The minimum absolute atomic E-state index is 0.0322. The predicted octanol–water partition coefficient (Wildman–Crippen LogP) is 1.03. The molecule has 0 bridgehead atoms. The first-order chi connectivity index (χ1) is 12.6. The van der Waals surface area contributed by atoms with Gasteiger partial charge in [-0.3, -0.25) is 4.79 Å². The number of aromatic amines is 1. The highest BCUT2D eigenvalue weighted by Gasteiger charge is 2.48. The van der Waals surface area contributed by atoms with Crippen LogP contribution in [0.15, 0.2) is 18.5 Å². The molecule has 0 aromatic carbocycles. The number of methoxy groups -OCH3 is 1. The number of nitrogens with one attached hydrogen (secondary N) is 1. The molecule has 26 heavy (non-hydrogen) atoms. The van der Waals surface area contributed by atoms with Crippen molar-refractivity contribution < 1.29 is 9.53 Å². The molecule has 2 aromatic heterocycles. The van der Waals surface area contributed by atoms with E-state index in [1.807, 2.05) is 24.0 Å². The molecule has 1 fully saturated rings. The number of hydrogen-bond acceptors (Lipinski definition) is 6. The van der Waals surface area contributed by atoms with E-state index in [9.17, 15) is 4.79 Å². The third-order valence-electron chi connectivity index (χ3n) is 5.53. The Morgan fingerprint density at radius 1 is 1.27 bits per heavy atom. The molecule has 1 N–H and O–H groups in total. The number of rotatable bonds is 3. The quantitative estimate of drug-likeness (QED) is 0.884. The molecule has 0 radical (unpaired) electrons. The van der Waals surface area contributed by atoms with Crippen molar-refractivity contribution in [3.8, 4) is 0 Å². The first-order valence-electron chi connectivity index (χ1n) is 9.01. The number of carbonyl (C=O) groups excluding carboxylic acids is 1. The Hall–Kier alpha value is -2.48. The fourth-order valence-electron chi connectivity index (χ4n) is 4.22. The lowest BCUT2D eigenvalue weighted by atomic mass is 9.78. The summed E-state index contributed by atoms with van der Waals surface area (Å²) < 4.78 is 5.11. The molecule has 138 valence electrons. The summed E-state index contributed by atoms with van der Waals surface area (Å²) in [7, 11) is 1.56. The number of fused-ring (bicyclic) bond motifs is 2. The Labute approximate surface area is 152 Å². The van der Waals surface area contributed by atoms with Crippen molar-refractivity contribution in [2.75, 3.05) is 38.3 Å². The van der Waals surface area contributed by atoms with E-state index < -0.39 is 0 Å². The van der Waals surface area contributed by atoms with Crippen LogP contribution in [-0.2, 0) is 21.5 Å². The summed E-state index contributed by atoms with van der Waals surface area (Å²) in [6.07, 6.45) is 4.18. The normalized spacial score (nSPS) is 18.8. The molecule has 0 atom stereocenters. The molecule has 8 nitrogen and oxygen atoms in total. The number of amides is 1. The SMILES string of the molecule is COCC(=O)N1CCc2[nH]cnc2C12CCN(c1ccc(C)nn1)CC2. The van der Waals surface area contributed by atoms with Gasteiger partial charge in [0.15, 0.2) is 5.82 Å². The van der Waals surface area contributed by atoms with E-state index >= 15 is 0 Å². The van der Waals surface area contributed by atoms with E-state index in [-0.39, 0.29) is 18.1 Å². The Bertz CT molecular complexity index is 779. The molecule has 2 aliphatic heterocycles. The third kappa shape index (κ3) is 2.74. The fraction of sp³-hybridized carbons (Fsp3) is 0.556. The molecule has 0 aliphatic carbocycles. The molecule has 2 aromatic rings. The van der Waals surface area contributed by atoms with Crippen LogP contribution in [0.4, 0.5) is 5.82 Å².